The van der Waals surface area contributed by atoms with Crippen LogP contribution in [-0.2, 0) is 10.2 Å². The number of carbonyl (C=O) groups excluding carboxylic acids is 1. The molecule has 0 fully saturated rings. The molecule has 2 N–H and O–H groups in total. The summed E-state index contributed by atoms with van der Waals surface area (Å²) in [5.74, 6) is 0.677. The lowest BCUT2D eigenvalue weighted by Gasteiger charge is -2.27. The van der Waals surface area contributed by atoms with Gasteiger partial charge in [0.05, 0.1) is 0 Å². The quantitative estimate of drug-likeness (QED) is 0.597. The maximum atomic E-state index is 11.7. The summed E-state index contributed by atoms with van der Waals surface area (Å²) in [7, 11) is 3.48. The minimum Gasteiger partial charge on any atom is -0.356 e. The van der Waals surface area contributed by atoms with Crippen LogP contribution in [0.3, 0.4) is 0 Å². The smallest absolute Gasteiger partial charge is 0.243 e. The predicted molar refractivity (Wildman–Crippen MR) is 96.8 cm³/mol. The molecule has 23 heavy (non-hydrogen) atoms. The minimum atomic E-state index is -0.0263. The normalized spacial score (nSPS) is 12.0. The highest BCUT2D eigenvalue weighted by atomic mass is 16.2. The molecule has 0 aromatic heterocycles. The Balaban J connectivity index is 2.69. The first kappa shape index (κ1) is 19.0. The molecule has 1 rings (SSSR count). The summed E-state index contributed by atoms with van der Waals surface area (Å²) in [6.45, 7) is 8.20. The van der Waals surface area contributed by atoms with Gasteiger partial charge in [-0.15, -0.1) is 0 Å². The lowest BCUT2D eigenvalue weighted by molar-refractivity contribution is -0.127. The van der Waals surface area contributed by atoms with Gasteiger partial charge in [0.1, 0.15) is 6.54 Å². The van der Waals surface area contributed by atoms with E-state index in [4.69, 9.17) is 0 Å². The lowest BCUT2D eigenvalue weighted by Crippen LogP contribution is -2.44. The number of hydrogen-bond acceptors (Lipinski definition) is 2. The molecule has 0 saturated heterocycles. The molecule has 128 valence electrons. The molecule has 0 spiro atoms. The zero-order valence-electron chi connectivity index (χ0n) is 15.0. The molecule has 0 radical (unpaired) electrons. The van der Waals surface area contributed by atoms with Crippen LogP contribution in [-0.4, -0.2) is 50.5 Å². The van der Waals surface area contributed by atoms with Crippen molar-refractivity contribution in [1.29, 1.82) is 0 Å². The van der Waals surface area contributed by atoms with E-state index in [0.29, 0.717) is 5.96 Å². The highest BCUT2D eigenvalue weighted by Gasteiger charge is 2.20. The fourth-order valence-electron chi connectivity index (χ4n) is 2.00. The Morgan fingerprint density at radius 3 is 2.39 bits per heavy atom. The van der Waals surface area contributed by atoms with Gasteiger partial charge in [-0.25, -0.2) is 4.99 Å². The molecule has 0 aliphatic carbocycles. The van der Waals surface area contributed by atoms with Crippen LogP contribution >= 0.6 is 0 Å². The van der Waals surface area contributed by atoms with Gasteiger partial charge in [-0.1, -0.05) is 51.1 Å². The van der Waals surface area contributed by atoms with Gasteiger partial charge in [-0.3, -0.25) is 4.79 Å². The second-order valence-corrected chi connectivity index (χ2v) is 6.48. The summed E-state index contributed by atoms with van der Waals surface area (Å²) in [6.07, 6.45) is 1.00. The fraction of sp³-hybridized carbons (Fsp3) is 0.556. The van der Waals surface area contributed by atoms with Crippen LogP contribution in [0.5, 0.6) is 0 Å². The van der Waals surface area contributed by atoms with Crippen molar-refractivity contribution in [2.45, 2.75) is 32.6 Å². The Kier molecular flexibility index (Phi) is 7.59. The molecule has 1 aromatic rings. The molecule has 0 aliphatic rings. The Labute approximate surface area is 140 Å². The highest BCUT2D eigenvalue weighted by molar-refractivity contribution is 5.84. The summed E-state index contributed by atoms with van der Waals surface area (Å²) in [5, 5.41) is 6.61. The van der Waals surface area contributed by atoms with Crippen LogP contribution in [0.2, 0.25) is 0 Å². The van der Waals surface area contributed by atoms with Crippen LogP contribution in [0.25, 0.3) is 0 Å². The van der Waals surface area contributed by atoms with Crippen molar-refractivity contribution >= 4 is 11.9 Å². The molecule has 0 saturated carbocycles. The molecule has 0 atom stereocenters. The monoisotopic (exact) mass is 318 g/mol. The standard InChI is InChI=1S/C18H30N4O/c1-6-12-19-17(20-13-16(23)22(4)5)21-14-18(2,3)15-10-8-7-9-11-15/h7-11H,6,12-14H2,1-5H3,(H2,19,20,21). The van der Waals surface area contributed by atoms with Gasteiger partial charge in [0, 0.05) is 32.6 Å². The SMILES string of the molecule is CCCNC(=NCC(=O)N(C)C)NCC(C)(C)c1ccccc1. The number of carbonyl (C=O) groups is 1. The Bertz CT molecular complexity index is 509. The zero-order chi connectivity index (χ0) is 17.3. The van der Waals surface area contributed by atoms with E-state index in [0.717, 1.165) is 19.5 Å². The van der Waals surface area contributed by atoms with Crippen molar-refractivity contribution in [2.75, 3.05) is 33.7 Å². The minimum absolute atomic E-state index is 0.00934. The number of aliphatic imine (C=N–C) groups is 1. The van der Waals surface area contributed by atoms with Crippen LogP contribution in [0.1, 0.15) is 32.8 Å². The second kappa shape index (κ2) is 9.18. The number of rotatable bonds is 7. The van der Waals surface area contributed by atoms with E-state index in [1.54, 1.807) is 19.0 Å². The van der Waals surface area contributed by atoms with Gasteiger partial charge in [0.25, 0.3) is 0 Å². The largest absolute Gasteiger partial charge is 0.356 e. The van der Waals surface area contributed by atoms with Crippen molar-refractivity contribution in [3.05, 3.63) is 35.9 Å². The third-order valence-corrected chi connectivity index (χ3v) is 3.67. The molecular weight excluding hydrogens is 288 g/mol. The van der Waals surface area contributed by atoms with Gasteiger partial charge in [0.15, 0.2) is 5.96 Å². The van der Waals surface area contributed by atoms with Crippen LogP contribution in [0.15, 0.2) is 35.3 Å². The fourth-order valence-corrected chi connectivity index (χ4v) is 2.00. The third-order valence-electron chi connectivity index (χ3n) is 3.67. The van der Waals surface area contributed by atoms with Crippen molar-refractivity contribution < 1.29 is 4.79 Å². The molecule has 0 aliphatic heterocycles. The average molecular weight is 318 g/mol. The molecule has 1 aromatic carbocycles. The first-order chi connectivity index (χ1) is 10.9. The number of benzene rings is 1. The van der Waals surface area contributed by atoms with Gasteiger partial charge in [0.2, 0.25) is 5.91 Å². The Hall–Kier alpha value is -2.04. The zero-order valence-corrected chi connectivity index (χ0v) is 15.0. The second-order valence-electron chi connectivity index (χ2n) is 6.48. The van der Waals surface area contributed by atoms with Gasteiger partial charge in [-0.2, -0.15) is 0 Å². The van der Waals surface area contributed by atoms with E-state index in [9.17, 15) is 4.79 Å². The maximum Gasteiger partial charge on any atom is 0.243 e. The molecule has 0 heterocycles. The van der Waals surface area contributed by atoms with E-state index in [2.05, 4.69) is 60.7 Å². The number of amides is 1. The van der Waals surface area contributed by atoms with E-state index in [1.807, 2.05) is 6.07 Å². The van der Waals surface area contributed by atoms with Crippen molar-refractivity contribution in [3.8, 4) is 0 Å². The highest BCUT2D eigenvalue weighted by Crippen LogP contribution is 2.21. The summed E-state index contributed by atoms with van der Waals surface area (Å²) in [6, 6.07) is 10.4. The van der Waals surface area contributed by atoms with E-state index in [1.165, 1.54) is 5.56 Å². The molecule has 1 amide bonds. The van der Waals surface area contributed by atoms with E-state index in [-0.39, 0.29) is 17.9 Å². The number of hydrogen-bond donors (Lipinski definition) is 2. The molecular formula is C18H30N4O. The predicted octanol–water partition coefficient (Wildman–Crippen LogP) is 2.00. The van der Waals surface area contributed by atoms with E-state index < -0.39 is 0 Å². The summed E-state index contributed by atoms with van der Waals surface area (Å²) >= 11 is 0. The van der Waals surface area contributed by atoms with Crippen LogP contribution < -0.4 is 10.6 Å². The first-order valence-electron chi connectivity index (χ1n) is 8.14. The van der Waals surface area contributed by atoms with Gasteiger partial charge < -0.3 is 15.5 Å². The van der Waals surface area contributed by atoms with E-state index >= 15 is 0 Å². The molecule has 0 unspecified atom stereocenters. The van der Waals surface area contributed by atoms with Gasteiger partial charge >= 0.3 is 0 Å². The van der Waals surface area contributed by atoms with Gasteiger partial charge in [-0.05, 0) is 12.0 Å². The topological polar surface area (TPSA) is 56.7 Å². The summed E-state index contributed by atoms with van der Waals surface area (Å²) in [5.41, 5.74) is 1.24. The maximum absolute atomic E-state index is 11.7. The van der Waals surface area contributed by atoms with Crippen LogP contribution in [0.4, 0.5) is 0 Å². The van der Waals surface area contributed by atoms with Crippen LogP contribution in [0, 0.1) is 0 Å². The Morgan fingerprint density at radius 1 is 1.17 bits per heavy atom. The summed E-state index contributed by atoms with van der Waals surface area (Å²) < 4.78 is 0. The van der Waals surface area contributed by atoms with Crippen molar-refractivity contribution in [1.82, 2.24) is 15.5 Å². The number of guanidine groups is 1. The molecule has 5 heteroatoms. The van der Waals surface area contributed by atoms with Crippen molar-refractivity contribution in [2.24, 2.45) is 4.99 Å². The number of nitrogens with zero attached hydrogens (tertiary/aromatic N) is 2. The summed E-state index contributed by atoms with van der Waals surface area (Å²) in [4.78, 5) is 17.6. The third kappa shape index (κ3) is 6.72. The average Bonchev–Trinajstić information content (AvgIpc) is 2.54. The first-order valence-corrected chi connectivity index (χ1v) is 8.14. The number of likely N-dealkylation sites (N-methyl/N-ethyl adjacent to an activating group) is 1. The Morgan fingerprint density at radius 2 is 1.83 bits per heavy atom. The van der Waals surface area contributed by atoms with Crippen molar-refractivity contribution in [3.63, 3.8) is 0 Å². The molecule has 5 nitrogen and oxygen atoms in total. The lowest BCUT2D eigenvalue weighted by atomic mass is 9.85. The molecule has 0 bridgehead atoms. The number of nitrogens with one attached hydrogen (secondary N) is 2.